The molecular weight excluding hydrogens is 212 g/mol. The minimum Gasteiger partial charge on any atom is -0.384 e. The molecule has 0 fully saturated rings. The minimum atomic E-state index is 0.334. The fourth-order valence-corrected chi connectivity index (χ4v) is 1.94. The van der Waals surface area contributed by atoms with Gasteiger partial charge in [-0.1, -0.05) is 44.2 Å². The standard InChI is InChI=1S/C15H24O2/c1-4-15(10-13(2)11-16-3)17-12-14-8-6-5-7-9-14/h5-9,13,15H,4,10-12H2,1-3H3/t13-,15+/m0/s1. The van der Waals surface area contributed by atoms with Gasteiger partial charge in [0.1, 0.15) is 0 Å². The first-order valence-corrected chi connectivity index (χ1v) is 6.40. The molecular formula is C15H24O2. The van der Waals surface area contributed by atoms with E-state index in [0.29, 0.717) is 18.6 Å². The minimum absolute atomic E-state index is 0.334. The molecule has 0 spiro atoms. The van der Waals surface area contributed by atoms with Gasteiger partial charge < -0.3 is 9.47 Å². The van der Waals surface area contributed by atoms with Crippen LogP contribution in [0.25, 0.3) is 0 Å². The lowest BCUT2D eigenvalue weighted by atomic mass is 10.0. The zero-order chi connectivity index (χ0) is 12.5. The second-order valence-corrected chi connectivity index (χ2v) is 4.62. The van der Waals surface area contributed by atoms with E-state index in [9.17, 15) is 0 Å². The van der Waals surface area contributed by atoms with Gasteiger partial charge in [-0.15, -0.1) is 0 Å². The SMILES string of the molecule is CC[C@H](C[C@H](C)COC)OCc1ccccc1. The van der Waals surface area contributed by atoms with Crippen molar-refractivity contribution in [1.82, 2.24) is 0 Å². The molecule has 1 rings (SSSR count). The van der Waals surface area contributed by atoms with Crippen molar-refractivity contribution in [2.24, 2.45) is 5.92 Å². The maximum atomic E-state index is 5.94. The highest BCUT2D eigenvalue weighted by atomic mass is 16.5. The Morgan fingerprint density at radius 1 is 1.18 bits per heavy atom. The summed E-state index contributed by atoms with van der Waals surface area (Å²) in [6.07, 6.45) is 2.46. The summed E-state index contributed by atoms with van der Waals surface area (Å²) >= 11 is 0. The first-order chi connectivity index (χ1) is 8.26. The lowest BCUT2D eigenvalue weighted by Crippen LogP contribution is -2.18. The Balaban J connectivity index is 2.32. The Labute approximate surface area is 105 Å². The molecule has 2 heteroatoms. The smallest absolute Gasteiger partial charge is 0.0720 e. The van der Waals surface area contributed by atoms with E-state index in [1.807, 2.05) is 18.2 Å². The molecule has 0 aliphatic rings. The van der Waals surface area contributed by atoms with Gasteiger partial charge in [-0.25, -0.2) is 0 Å². The van der Waals surface area contributed by atoms with Crippen molar-refractivity contribution in [2.75, 3.05) is 13.7 Å². The second-order valence-electron chi connectivity index (χ2n) is 4.62. The zero-order valence-electron chi connectivity index (χ0n) is 11.2. The second kappa shape index (κ2) is 8.26. The van der Waals surface area contributed by atoms with Gasteiger partial charge in [0, 0.05) is 13.7 Å². The van der Waals surface area contributed by atoms with Crippen molar-refractivity contribution in [3.8, 4) is 0 Å². The molecule has 0 aliphatic carbocycles. The van der Waals surface area contributed by atoms with Gasteiger partial charge in [0.2, 0.25) is 0 Å². The predicted octanol–water partition coefficient (Wildman–Crippen LogP) is 3.65. The van der Waals surface area contributed by atoms with E-state index in [-0.39, 0.29) is 0 Å². The van der Waals surface area contributed by atoms with Gasteiger partial charge in [-0.3, -0.25) is 0 Å². The first-order valence-electron chi connectivity index (χ1n) is 6.40. The van der Waals surface area contributed by atoms with E-state index >= 15 is 0 Å². The lowest BCUT2D eigenvalue weighted by molar-refractivity contribution is 0.0143. The highest BCUT2D eigenvalue weighted by Gasteiger charge is 2.12. The highest BCUT2D eigenvalue weighted by molar-refractivity contribution is 5.13. The molecule has 1 aromatic carbocycles. The van der Waals surface area contributed by atoms with E-state index in [2.05, 4.69) is 26.0 Å². The fraction of sp³-hybridized carbons (Fsp3) is 0.600. The molecule has 0 saturated carbocycles. The summed E-state index contributed by atoms with van der Waals surface area (Å²) in [5.74, 6) is 0.556. The summed E-state index contributed by atoms with van der Waals surface area (Å²) in [7, 11) is 1.75. The first kappa shape index (κ1) is 14.2. The number of hydrogen-bond donors (Lipinski definition) is 0. The molecule has 0 unspecified atom stereocenters. The van der Waals surface area contributed by atoms with E-state index in [4.69, 9.17) is 9.47 Å². The van der Waals surface area contributed by atoms with Crippen LogP contribution < -0.4 is 0 Å². The Kier molecular flexibility index (Phi) is 6.90. The molecule has 0 aliphatic heterocycles. The van der Waals surface area contributed by atoms with Crippen LogP contribution in [0, 0.1) is 5.92 Å². The normalized spacial score (nSPS) is 14.5. The quantitative estimate of drug-likeness (QED) is 0.686. The predicted molar refractivity (Wildman–Crippen MR) is 71.0 cm³/mol. The third kappa shape index (κ3) is 5.85. The van der Waals surface area contributed by atoms with Crippen LogP contribution in [-0.2, 0) is 16.1 Å². The molecule has 2 nitrogen and oxygen atoms in total. The van der Waals surface area contributed by atoms with Crippen LogP contribution in [0.15, 0.2) is 30.3 Å². The Hall–Kier alpha value is -0.860. The van der Waals surface area contributed by atoms with Gasteiger partial charge in [-0.05, 0) is 24.3 Å². The monoisotopic (exact) mass is 236 g/mol. The molecule has 0 heterocycles. The molecule has 1 aromatic rings. The van der Waals surface area contributed by atoms with Gasteiger partial charge in [0.05, 0.1) is 12.7 Å². The number of hydrogen-bond acceptors (Lipinski definition) is 2. The third-order valence-corrected chi connectivity index (χ3v) is 2.90. The average Bonchev–Trinajstić information content (AvgIpc) is 2.36. The Bertz CT molecular complexity index is 284. The van der Waals surface area contributed by atoms with E-state index in [0.717, 1.165) is 19.4 Å². The third-order valence-electron chi connectivity index (χ3n) is 2.90. The lowest BCUT2D eigenvalue weighted by Gasteiger charge is -2.20. The largest absolute Gasteiger partial charge is 0.384 e. The molecule has 0 N–H and O–H groups in total. The van der Waals surface area contributed by atoms with Crippen LogP contribution in [-0.4, -0.2) is 19.8 Å². The maximum Gasteiger partial charge on any atom is 0.0720 e. The van der Waals surface area contributed by atoms with Crippen LogP contribution in [0.2, 0.25) is 0 Å². The topological polar surface area (TPSA) is 18.5 Å². The van der Waals surface area contributed by atoms with Gasteiger partial charge in [0.15, 0.2) is 0 Å². The summed E-state index contributed by atoms with van der Waals surface area (Å²) in [5, 5.41) is 0. The molecule has 0 amide bonds. The summed E-state index contributed by atoms with van der Waals surface area (Å²) in [6.45, 7) is 5.90. The van der Waals surface area contributed by atoms with Crippen LogP contribution in [0.3, 0.4) is 0 Å². The number of rotatable bonds is 8. The zero-order valence-corrected chi connectivity index (χ0v) is 11.2. The number of benzene rings is 1. The fourth-order valence-electron chi connectivity index (χ4n) is 1.94. The Morgan fingerprint density at radius 3 is 2.47 bits per heavy atom. The van der Waals surface area contributed by atoms with Gasteiger partial charge in [-0.2, -0.15) is 0 Å². The van der Waals surface area contributed by atoms with Crippen LogP contribution in [0.4, 0.5) is 0 Å². The summed E-state index contributed by atoms with van der Waals surface area (Å²) in [5.41, 5.74) is 1.24. The summed E-state index contributed by atoms with van der Waals surface area (Å²) in [4.78, 5) is 0. The van der Waals surface area contributed by atoms with Crippen molar-refractivity contribution >= 4 is 0 Å². The van der Waals surface area contributed by atoms with Crippen LogP contribution >= 0.6 is 0 Å². The van der Waals surface area contributed by atoms with E-state index in [1.54, 1.807) is 7.11 Å². The van der Waals surface area contributed by atoms with E-state index in [1.165, 1.54) is 5.56 Å². The maximum absolute atomic E-state index is 5.94. The average molecular weight is 236 g/mol. The molecule has 0 saturated heterocycles. The van der Waals surface area contributed by atoms with Crippen molar-refractivity contribution in [3.63, 3.8) is 0 Å². The van der Waals surface area contributed by atoms with Gasteiger partial charge >= 0.3 is 0 Å². The van der Waals surface area contributed by atoms with Gasteiger partial charge in [0.25, 0.3) is 0 Å². The highest BCUT2D eigenvalue weighted by Crippen LogP contribution is 2.14. The van der Waals surface area contributed by atoms with Crippen molar-refractivity contribution in [3.05, 3.63) is 35.9 Å². The van der Waals surface area contributed by atoms with Crippen LogP contribution in [0.1, 0.15) is 32.3 Å². The molecule has 0 bridgehead atoms. The van der Waals surface area contributed by atoms with Crippen molar-refractivity contribution in [2.45, 2.75) is 39.4 Å². The molecule has 0 aromatic heterocycles. The Morgan fingerprint density at radius 2 is 1.88 bits per heavy atom. The van der Waals surface area contributed by atoms with Crippen molar-refractivity contribution in [1.29, 1.82) is 0 Å². The molecule has 0 radical (unpaired) electrons. The summed E-state index contributed by atoms with van der Waals surface area (Å²) < 4.78 is 11.1. The number of methoxy groups -OCH3 is 1. The molecule has 2 atom stereocenters. The van der Waals surface area contributed by atoms with Crippen molar-refractivity contribution < 1.29 is 9.47 Å². The number of ether oxygens (including phenoxy) is 2. The van der Waals surface area contributed by atoms with Crippen LogP contribution in [0.5, 0.6) is 0 Å². The molecule has 17 heavy (non-hydrogen) atoms. The van der Waals surface area contributed by atoms with E-state index < -0.39 is 0 Å². The molecule has 96 valence electrons. The summed E-state index contributed by atoms with van der Waals surface area (Å²) in [6, 6.07) is 10.3.